The molecule has 1 aliphatic heterocycles. The van der Waals surface area contributed by atoms with Gasteiger partial charge in [0.1, 0.15) is 25.0 Å². The molecule has 0 N–H and O–H groups in total. The van der Waals surface area contributed by atoms with E-state index in [4.69, 9.17) is 14.2 Å². The SMILES string of the molecule is Cc1ccc(-n2c(=O)c(I)cn([C@@H]3C[C@H](OC(=O)c4ccccc4)[C@H](COC(=O)c4ccccc4)O3)c2=O)cc1. The van der Waals surface area contributed by atoms with Crippen LogP contribution < -0.4 is 11.2 Å². The molecule has 2 heterocycles. The number of carbonyl (C=O) groups is 2. The average molecular weight is 652 g/mol. The molecule has 1 aliphatic rings. The van der Waals surface area contributed by atoms with Crippen LogP contribution >= 0.6 is 22.6 Å². The van der Waals surface area contributed by atoms with Crippen LogP contribution in [0.2, 0.25) is 0 Å². The Balaban J connectivity index is 1.44. The molecule has 3 aromatic carbocycles. The first-order valence-corrected chi connectivity index (χ1v) is 13.6. The molecule has 204 valence electrons. The van der Waals surface area contributed by atoms with Crippen molar-refractivity contribution in [3.63, 3.8) is 0 Å². The normalized spacial score (nSPS) is 18.3. The predicted octanol–water partition coefficient (Wildman–Crippen LogP) is 4.28. The second-order valence-electron chi connectivity index (χ2n) is 9.28. The fourth-order valence-corrected chi connectivity index (χ4v) is 4.95. The first kappa shape index (κ1) is 27.5. The summed E-state index contributed by atoms with van der Waals surface area (Å²) in [6.07, 6.45) is -1.03. The van der Waals surface area contributed by atoms with E-state index in [1.54, 1.807) is 72.8 Å². The number of aromatic nitrogens is 2. The first-order chi connectivity index (χ1) is 19.3. The van der Waals surface area contributed by atoms with E-state index < -0.39 is 41.6 Å². The molecule has 9 nitrogen and oxygen atoms in total. The zero-order valence-electron chi connectivity index (χ0n) is 21.4. The lowest BCUT2D eigenvalue weighted by Crippen LogP contribution is -2.41. The van der Waals surface area contributed by atoms with Gasteiger partial charge in [-0.1, -0.05) is 54.1 Å². The summed E-state index contributed by atoms with van der Waals surface area (Å²) in [5, 5.41) is 0. The zero-order valence-corrected chi connectivity index (χ0v) is 23.6. The second-order valence-corrected chi connectivity index (χ2v) is 10.4. The molecule has 0 spiro atoms. The fraction of sp³-hybridized carbons (Fsp3) is 0.200. The fourth-order valence-electron chi connectivity index (χ4n) is 4.41. The van der Waals surface area contributed by atoms with Crippen LogP contribution in [0.15, 0.2) is 101 Å². The van der Waals surface area contributed by atoms with Gasteiger partial charge in [-0.3, -0.25) is 9.36 Å². The lowest BCUT2D eigenvalue weighted by atomic mass is 10.1. The smallest absolute Gasteiger partial charge is 0.338 e. The Morgan fingerprint density at radius 2 is 1.50 bits per heavy atom. The summed E-state index contributed by atoms with van der Waals surface area (Å²) in [7, 11) is 0. The maximum atomic E-state index is 13.6. The van der Waals surface area contributed by atoms with E-state index in [9.17, 15) is 19.2 Å². The van der Waals surface area contributed by atoms with Crippen molar-refractivity contribution < 1.29 is 23.8 Å². The van der Waals surface area contributed by atoms with Crippen molar-refractivity contribution in [1.82, 2.24) is 9.13 Å². The van der Waals surface area contributed by atoms with Gasteiger partial charge >= 0.3 is 17.6 Å². The maximum absolute atomic E-state index is 13.6. The highest BCUT2D eigenvalue weighted by molar-refractivity contribution is 14.1. The van der Waals surface area contributed by atoms with Gasteiger partial charge in [0.05, 0.1) is 20.4 Å². The van der Waals surface area contributed by atoms with Crippen molar-refractivity contribution >= 4 is 34.5 Å². The van der Waals surface area contributed by atoms with E-state index in [1.165, 1.54) is 10.8 Å². The van der Waals surface area contributed by atoms with E-state index in [-0.39, 0.29) is 13.0 Å². The molecule has 0 bridgehead atoms. The minimum Gasteiger partial charge on any atom is -0.459 e. The summed E-state index contributed by atoms with van der Waals surface area (Å²) in [4.78, 5) is 52.0. The van der Waals surface area contributed by atoms with Gasteiger partial charge in [-0.15, -0.1) is 0 Å². The van der Waals surface area contributed by atoms with E-state index in [1.807, 2.05) is 41.6 Å². The van der Waals surface area contributed by atoms with Crippen LogP contribution in [0.4, 0.5) is 0 Å². The van der Waals surface area contributed by atoms with E-state index in [2.05, 4.69) is 0 Å². The van der Waals surface area contributed by atoms with Gasteiger partial charge in [0, 0.05) is 12.6 Å². The Morgan fingerprint density at radius 1 is 0.900 bits per heavy atom. The molecule has 4 aromatic rings. The Bertz CT molecular complexity index is 1630. The number of esters is 2. The summed E-state index contributed by atoms with van der Waals surface area (Å²) in [6.45, 7) is 1.70. The molecule has 3 atom stereocenters. The first-order valence-electron chi connectivity index (χ1n) is 12.6. The number of benzene rings is 3. The zero-order chi connectivity index (χ0) is 28.2. The van der Waals surface area contributed by atoms with Gasteiger partial charge in [0.25, 0.3) is 5.56 Å². The molecule has 5 rings (SSSR count). The third kappa shape index (κ3) is 5.92. The summed E-state index contributed by atoms with van der Waals surface area (Å²) < 4.78 is 20.1. The number of carbonyl (C=O) groups excluding carboxylic acids is 2. The molecule has 0 saturated carbocycles. The Labute approximate surface area is 243 Å². The summed E-state index contributed by atoms with van der Waals surface area (Å²) in [5.74, 6) is -1.12. The Kier molecular flexibility index (Phi) is 8.27. The standard InChI is InChI=1S/C30H25IN2O7/c1-19-12-14-22(15-13-19)33-27(34)23(31)17-32(30(33)37)26-16-24(40-29(36)21-10-6-3-7-11-21)25(39-26)18-38-28(35)20-8-4-2-5-9-20/h2-15,17,24-26H,16,18H2,1H3/t24-,25-,26-/m0/s1. The predicted molar refractivity (Wildman–Crippen MR) is 155 cm³/mol. The van der Waals surface area contributed by atoms with E-state index in [0.29, 0.717) is 20.4 Å². The number of rotatable bonds is 7. The topological polar surface area (TPSA) is 106 Å². The Morgan fingerprint density at radius 3 is 2.12 bits per heavy atom. The van der Waals surface area contributed by atoms with Crippen LogP contribution in [0.25, 0.3) is 5.69 Å². The number of hydrogen-bond donors (Lipinski definition) is 0. The minimum absolute atomic E-state index is 0.105. The lowest BCUT2D eigenvalue weighted by molar-refractivity contribution is -0.0584. The van der Waals surface area contributed by atoms with Crippen molar-refractivity contribution in [2.24, 2.45) is 0 Å². The molecular weight excluding hydrogens is 627 g/mol. The lowest BCUT2D eigenvalue weighted by Gasteiger charge is -2.19. The maximum Gasteiger partial charge on any atom is 0.338 e. The molecule has 1 aromatic heterocycles. The number of ether oxygens (including phenoxy) is 3. The monoisotopic (exact) mass is 652 g/mol. The van der Waals surface area contributed by atoms with Gasteiger partial charge in [-0.25, -0.2) is 19.0 Å². The van der Waals surface area contributed by atoms with E-state index >= 15 is 0 Å². The van der Waals surface area contributed by atoms with Gasteiger partial charge in [-0.05, 0) is 65.9 Å². The number of halogens is 1. The third-order valence-electron chi connectivity index (χ3n) is 6.51. The van der Waals surface area contributed by atoms with E-state index in [0.717, 1.165) is 10.1 Å². The van der Waals surface area contributed by atoms with Crippen molar-refractivity contribution in [2.45, 2.75) is 31.8 Å². The molecule has 0 radical (unpaired) electrons. The third-order valence-corrected chi connectivity index (χ3v) is 7.25. The molecule has 40 heavy (non-hydrogen) atoms. The molecule has 10 heteroatoms. The highest BCUT2D eigenvalue weighted by Crippen LogP contribution is 2.31. The molecule has 1 fully saturated rings. The Hall–Kier alpha value is -4.03. The van der Waals surface area contributed by atoms with Crippen LogP contribution in [0.5, 0.6) is 0 Å². The number of hydrogen-bond acceptors (Lipinski definition) is 7. The van der Waals surface area contributed by atoms with Crippen molar-refractivity contribution in [3.8, 4) is 5.69 Å². The highest BCUT2D eigenvalue weighted by Gasteiger charge is 2.41. The molecule has 0 amide bonds. The minimum atomic E-state index is -0.882. The van der Waals surface area contributed by atoms with Crippen molar-refractivity contribution in [1.29, 1.82) is 0 Å². The summed E-state index contributed by atoms with van der Waals surface area (Å²) >= 11 is 1.88. The number of nitrogens with zero attached hydrogens (tertiary/aromatic N) is 2. The summed E-state index contributed by atoms with van der Waals surface area (Å²) in [6, 6.07) is 24.0. The van der Waals surface area contributed by atoms with Gasteiger partial charge < -0.3 is 14.2 Å². The van der Waals surface area contributed by atoms with Gasteiger partial charge in [0.15, 0.2) is 0 Å². The van der Waals surface area contributed by atoms with Crippen LogP contribution in [0, 0.1) is 10.5 Å². The highest BCUT2D eigenvalue weighted by atomic mass is 127. The van der Waals surface area contributed by atoms with Gasteiger partial charge in [0.2, 0.25) is 0 Å². The van der Waals surface area contributed by atoms with Crippen LogP contribution in [-0.2, 0) is 14.2 Å². The average Bonchev–Trinajstić information content (AvgIpc) is 3.37. The molecule has 1 saturated heterocycles. The van der Waals surface area contributed by atoms with Crippen LogP contribution in [-0.4, -0.2) is 39.9 Å². The number of aryl methyl sites for hydroxylation is 1. The van der Waals surface area contributed by atoms with Gasteiger partial charge in [-0.2, -0.15) is 0 Å². The largest absolute Gasteiger partial charge is 0.459 e. The molecular formula is C30H25IN2O7. The quantitative estimate of drug-likeness (QED) is 0.217. The molecule has 0 aliphatic carbocycles. The molecule has 0 unspecified atom stereocenters. The van der Waals surface area contributed by atoms with Crippen LogP contribution in [0.1, 0.15) is 38.9 Å². The second kappa shape index (κ2) is 12.0. The van der Waals surface area contributed by atoms with Crippen LogP contribution in [0.3, 0.4) is 0 Å². The van der Waals surface area contributed by atoms with Crippen molar-refractivity contribution in [3.05, 3.63) is 132 Å². The van der Waals surface area contributed by atoms with Crippen molar-refractivity contribution in [2.75, 3.05) is 6.61 Å². The summed E-state index contributed by atoms with van der Waals surface area (Å²) in [5.41, 5.74) is 1.07.